The normalized spacial score (nSPS) is 21.8. The van der Waals surface area contributed by atoms with E-state index in [0.29, 0.717) is 6.42 Å². The zero-order chi connectivity index (χ0) is 12.3. The first kappa shape index (κ1) is 12.5. The monoisotopic (exact) mass is 254 g/mol. The van der Waals surface area contributed by atoms with E-state index in [1.807, 2.05) is 22.4 Å². The number of hydrogen-bond donors (Lipinski definition) is 2. The van der Waals surface area contributed by atoms with Crippen molar-refractivity contribution in [3.63, 3.8) is 0 Å². The van der Waals surface area contributed by atoms with Crippen molar-refractivity contribution in [2.75, 3.05) is 13.1 Å². The molecule has 0 aromatic carbocycles. The lowest BCUT2D eigenvalue weighted by Gasteiger charge is -2.25. The summed E-state index contributed by atoms with van der Waals surface area (Å²) in [4.78, 5) is 14.4. The quantitative estimate of drug-likeness (QED) is 0.846. The number of likely N-dealkylation sites (tertiary alicyclic amines) is 1. The summed E-state index contributed by atoms with van der Waals surface area (Å²) in [5.41, 5.74) is 5.39. The van der Waals surface area contributed by atoms with Gasteiger partial charge in [0.05, 0.1) is 12.6 Å². The van der Waals surface area contributed by atoms with Crippen LogP contribution in [0.5, 0.6) is 0 Å². The summed E-state index contributed by atoms with van der Waals surface area (Å²) in [7, 11) is 0. The summed E-state index contributed by atoms with van der Waals surface area (Å²) in [6.45, 7) is 0.837. The first-order valence-electron chi connectivity index (χ1n) is 5.93. The summed E-state index contributed by atoms with van der Waals surface area (Å²) in [6.07, 6.45) is 2.12. The molecule has 2 unspecified atom stereocenters. The van der Waals surface area contributed by atoms with Gasteiger partial charge in [-0.2, -0.15) is 0 Å². The molecule has 4 nitrogen and oxygen atoms in total. The third kappa shape index (κ3) is 2.86. The van der Waals surface area contributed by atoms with Crippen molar-refractivity contribution in [1.82, 2.24) is 4.90 Å². The van der Waals surface area contributed by atoms with Gasteiger partial charge >= 0.3 is 0 Å². The Kier molecular flexibility index (Phi) is 4.15. The molecule has 0 spiro atoms. The molecule has 1 saturated heterocycles. The lowest BCUT2D eigenvalue weighted by atomic mass is 10.1. The number of thiophene rings is 1. The van der Waals surface area contributed by atoms with E-state index in [4.69, 9.17) is 5.73 Å². The van der Waals surface area contributed by atoms with Crippen LogP contribution in [0.25, 0.3) is 0 Å². The molecule has 17 heavy (non-hydrogen) atoms. The highest BCUT2D eigenvalue weighted by molar-refractivity contribution is 7.10. The number of aliphatic hydroxyl groups excluding tert-OH is 1. The maximum Gasteiger partial charge on any atom is 0.236 e. The van der Waals surface area contributed by atoms with Crippen LogP contribution in [-0.4, -0.2) is 35.0 Å². The minimum absolute atomic E-state index is 0.00844. The predicted octanol–water partition coefficient (Wildman–Crippen LogP) is 1.12. The molecule has 94 valence electrons. The molecule has 0 radical (unpaired) electrons. The Bertz CT molecular complexity index is 367. The number of aliphatic hydroxyl groups is 1. The molecule has 2 heterocycles. The average molecular weight is 254 g/mol. The van der Waals surface area contributed by atoms with Crippen LogP contribution in [-0.2, 0) is 4.79 Å². The molecule has 0 saturated carbocycles. The molecule has 2 rings (SSSR count). The van der Waals surface area contributed by atoms with E-state index >= 15 is 0 Å². The molecule has 2 atom stereocenters. The molecule has 1 amide bonds. The molecule has 1 aliphatic rings. The second kappa shape index (κ2) is 5.62. The highest BCUT2D eigenvalue weighted by Crippen LogP contribution is 2.29. The summed E-state index contributed by atoms with van der Waals surface area (Å²) < 4.78 is 0. The Labute approximate surface area is 105 Å². The molecule has 5 heteroatoms. The average Bonchev–Trinajstić information content (AvgIpc) is 2.98. The Morgan fingerprint density at radius 2 is 2.53 bits per heavy atom. The van der Waals surface area contributed by atoms with Crippen LogP contribution in [0.4, 0.5) is 0 Å². The van der Waals surface area contributed by atoms with Crippen LogP contribution < -0.4 is 5.73 Å². The van der Waals surface area contributed by atoms with Crippen LogP contribution in [0.3, 0.4) is 0 Å². The zero-order valence-electron chi connectivity index (χ0n) is 9.71. The van der Waals surface area contributed by atoms with Crippen molar-refractivity contribution in [2.45, 2.75) is 31.4 Å². The van der Waals surface area contributed by atoms with Gasteiger partial charge < -0.3 is 15.7 Å². The minimum Gasteiger partial charge on any atom is -0.387 e. The number of nitrogens with zero attached hydrogens (tertiary/aromatic N) is 1. The van der Waals surface area contributed by atoms with Crippen molar-refractivity contribution in [3.8, 4) is 0 Å². The topological polar surface area (TPSA) is 66.6 Å². The van der Waals surface area contributed by atoms with Crippen molar-refractivity contribution >= 4 is 17.2 Å². The minimum atomic E-state index is -0.467. The van der Waals surface area contributed by atoms with E-state index in [0.717, 1.165) is 24.3 Å². The molecule has 0 bridgehead atoms. The van der Waals surface area contributed by atoms with Crippen LogP contribution in [0, 0.1) is 0 Å². The Balaban J connectivity index is 1.96. The number of hydrogen-bond acceptors (Lipinski definition) is 4. The predicted molar refractivity (Wildman–Crippen MR) is 67.7 cm³/mol. The zero-order valence-corrected chi connectivity index (χ0v) is 10.5. The molecule has 1 fully saturated rings. The van der Waals surface area contributed by atoms with E-state index < -0.39 is 6.10 Å². The van der Waals surface area contributed by atoms with Gasteiger partial charge in [-0.3, -0.25) is 4.79 Å². The Morgan fingerprint density at radius 1 is 1.71 bits per heavy atom. The van der Waals surface area contributed by atoms with Gasteiger partial charge in [-0.05, 0) is 30.7 Å². The van der Waals surface area contributed by atoms with E-state index in [9.17, 15) is 9.90 Å². The fourth-order valence-corrected chi connectivity index (χ4v) is 3.11. The highest BCUT2D eigenvalue weighted by atomic mass is 32.1. The summed E-state index contributed by atoms with van der Waals surface area (Å²) in [5, 5.41) is 12.0. The highest BCUT2D eigenvalue weighted by Gasteiger charge is 2.29. The van der Waals surface area contributed by atoms with Gasteiger partial charge in [-0.1, -0.05) is 6.07 Å². The lowest BCUT2D eigenvalue weighted by Crippen LogP contribution is -2.40. The third-order valence-corrected chi connectivity index (χ3v) is 4.21. The van der Waals surface area contributed by atoms with Gasteiger partial charge in [0.25, 0.3) is 0 Å². The third-order valence-electron chi connectivity index (χ3n) is 3.24. The van der Waals surface area contributed by atoms with Gasteiger partial charge in [-0.15, -0.1) is 11.3 Å². The largest absolute Gasteiger partial charge is 0.387 e. The van der Waals surface area contributed by atoms with Crippen molar-refractivity contribution in [2.24, 2.45) is 5.73 Å². The summed E-state index contributed by atoms with van der Waals surface area (Å²) in [6, 6.07) is 4.00. The molecule has 0 aliphatic carbocycles. The Hall–Kier alpha value is -0.910. The van der Waals surface area contributed by atoms with Gasteiger partial charge in [0.2, 0.25) is 5.91 Å². The molecular weight excluding hydrogens is 236 g/mol. The number of amides is 1. The second-order valence-corrected chi connectivity index (χ2v) is 5.33. The van der Waals surface area contributed by atoms with Crippen LogP contribution in [0.15, 0.2) is 17.5 Å². The Morgan fingerprint density at radius 3 is 3.18 bits per heavy atom. The molecule has 1 aromatic heterocycles. The van der Waals surface area contributed by atoms with Gasteiger partial charge in [0.1, 0.15) is 0 Å². The standard InChI is InChI=1S/C12H18N2O2S/c13-8-12(16)14-5-1-3-9(14)7-10(15)11-4-2-6-17-11/h2,4,6,9-10,15H,1,3,5,7-8,13H2. The molecular formula is C12H18N2O2S. The van der Waals surface area contributed by atoms with Crippen molar-refractivity contribution < 1.29 is 9.90 Å². The maximum absolute atomic E-state index is 11.6. The van der Waals surface area contributed by atoms with Gasteiger partial charge in [0.15, 0.2) is 0 Å². The molecule has 1 aromatic rings. The first-order chi connectivity index (χ1) is 8.22. The smallest absolute Gasteiger partial charge is 0.236 e. The maximum atomic E-state index is 11.6. The number of carbonyl (C=O) groups excluding carboxylic acids is 1. The van der Waals surface area contributed by atoms with E-state index in [1.54, 1.807) is 11.3 Å². The van der Waals surface area contributed by atoms with E-state index in [2.05, 4.69) is 0 Å². The summed E-state index contributed by atoms with van der Waals surface area (Å²) in [5.74, 6) is -0.00844. The van der Waals surface area contributed by atoms with Crippen LogP contribution in [0.1, 0.15) is 30.2 Å². The molecule has 3 N–H and O–H groups in total. The fraction of sp³-hybridized carbons (Fsp3) is 0.583. The lowest BCUT2D eigenvalue weighted by molar-refractivity contribution is -0.130. The molecule has 1 aliphatic heterocycles. The first-order valence-corrected chi connectivity index (χ1v) is 6.81. The van der Waals surface area contributed by atoms with E-state index in [-0.39, 0.29) is 18.5 Å². The second-order valence-electron chi connectivity index (χ2n) is 4.35. The van der Waals surface area contributed by atoms with Crippen molar-refractivity contribution in [1.29, 1.82) is 0 Å². The van der Waals surface area contributed by atoms with Gasteiger partial charge in [0, 0.05) is 17.5 Å². The number of rotatable bonds is 4. The number of carbonyl (C=O) groups is 1. The SMILES string of the molecule is NCC(=O)N1CCCC1CC(O)c1cccs1. The van der Waals surface area contributed by atoms with Crippen LogP contribution in [0.2, 0.25) is 0 Å². The summed E-state index contributed by atoms with van der Waals surface area (Å²) >= 11 is 1.55. The van der Waals surface area contributed by atoms with Gasteiger partial charge in [-0.25, -0.2) is 0 Å². The van der Waals surface area contributed by atoms with Crippen molar-refractivity contribution in [3.05, 3.63) is 22.4 Å². The fourth-order valence-electron chi connectivity index (χ4n) is 2.38. The van der Waals surface area contributed by atoms with Crippen LogP contribution >= 0.6 is 11.3 Å². The number of nitrogens with two attached hydrogens (primary N) is 1. The van der Waals surface area contributed by atoms with E-state index in [1.165, 1.54) is 0 Å².